The van der Waals surface area contributed by atoms with Gasteiger partial charge in [0.05, 0.1) is 22.3 Å². The Kier molecular flexibility index (Phi) is 5.12. The van der Waals surface area contributed by atoms with E-state index in [-0.39, 0.29) is 6.54 Å². The summed E-state index contributed by atoms with van der Waals surface area (Å²) in [5.74, 6) is -5.12. The van der Waals surface area contributed by atoms with Crippen molar-refractivity contribution in [2.24, 2.45) is 0 Å². The fourth-order valence-corrected chi connectivity index (χ4v) is 2.56. The molecule has 8 heteroatoms. The first kappa shape index (κ1) is 14.6. The lowest BCUT2D eigenvalue weighted by molar-refractivity contribution is -0.167. The maximum absolute atomic E-state index is 13.0. The van der Waals surface area contributed by atoms with Crippen LogP contribution in [0.5, 0.6) is 0 Å². The Balaban J connectivity index is 2.48. The van der Waals surface area contributed by atoms with Crippen molar-refractivity contribution in [1.82, 2.24) is 5.32 Å². The number of hydrogen-bond donors (Lipinski definition) is 1. The molecule has 0 atom stereocenters. The van der Waals surface area contributed by atoms with Crippen molar-refractivity contribution in [3.63, 3.8) is 0 Å². The first-order valence-corrected chi connectivity index (χ1v) is 6.04. The third-order valence-electron chi connectivity index (χ3n) is 1.87. The van der Waals surface area contributed by atoms with E-state index in [0.29, 0.717) is 14.2 Å². The van der Waals surface area contributed by atoms with E-state index in [1.54, 1.807) is 6.07 Å². The van der Waals surface area contributed by atoms with Gasteiger partial charge in [-0.2, -0.15) is 8.78 Å². The molecule has 0 saturated heterocycles. The number of alkyl halides is 2. The van der Waals surface area contributed by atoms with Gasteiger partial charge in [-0.25, -0.2) is 4.79 Å². The molecule has 0 aromatic carbocycles. The van der Waals surface area contributed by atoms with Crippen molar-refractivity contribution >= 4 is 40.5 Å². The van der Waals surface area contributed by atoms with E-state index < -0.39 is 18.4 Å². The molecule has 1 aromatic rings. The van der Waals surface area contributed by atoms with Crippen molar-refractivity contribution in [2.75, 3.05) is 13.7 Å². The number of nitrogens with one attached hydrogen (secondary N) is 1. The molecule has 0 aliphatic carbocycles. The minimum absolute atomic E-state index is 0.106. The van der Waals surface area contributed by atoms with E-state index in [2.05, 4.69) is 10.1 Å². The summed E-state index contributed by atoms with van der Waals surface area (Å²) in [5.41, 5.74) is 0.613. The summed E-state index contributed by atoms with van der Waals surface area (Å²) in [7, 11) is 0.908. The molecular formula is C9H9Cl2F2NO2S. The molecule has 0 saturated carbocycles. The molecule has 1 aromatic heterocycles. The molecule has 3 nitrogen and oxygen atoms in total. The summed E-state index contributed by atoms with van der Waals surface area (Å²) >= 11 is 12.6. The number of esters is 1. The Morgan fingerprint density at radius 2 is 2.24 bits per heavy atom. The number of thiophene rings is 1. The highest BCUT2D eigenvalue weighted by molar-refractivity contribution is 7.20. The maximum atomic E-state index is 13.0. The fraction of sp³-hybridized carbons (Fsp3) is 0.444. The zero-order chi connectivity index (χ0) is 13.1. The smallest absolute Gasteiger partial charge is 0.378 e. The van der Waals surface area contributed by atoms with Crippen LogP contribution in [0.3, 0.4) is 0 Å². The topological polar surface area (TPSA) is 38.3 Å². The number of carbonyl (C=O) groups excluding carboxylic acids is 1. The number of rotatable bonds is 5. The van der Waals surface area contributed by atoms with E-state index in [4.69, 9.17) is 23.2 Å². The van der Waals surface area contributed by atoms with Gasteiger partial charge < -0.3 is 10.1 Å². The van der Waals surface area contributed by atoms with E-state index >= 15 is 0 Å². The Hall–Kier alpha value is -0.430. The zero-order valence-corrected chi connectivity index (χ0v) is 11.1. The molecule has 0 aliphatic heterocycles. The minimum Gasteiger partial charge on any atom is -0.465 e. The van der Waals surface area contributed by atoms with E-state index in [0.717, 1.165) is 18.4 Å². The lowest BCUT2D eigenvalue weighted by Crippen LogP contribution is -2.40. The number of hydrogen-bond acceptors (Lipinski definition) is 4. The highest BCUT2D eigenvalue weighted by atomic mass is 35.5. The van der Waals surface area contributed by atoms with E-state index in [9.17, 15) is 13.6 Å². The average molecular weight is 304 g/mol. The van der Waals surface area contributed by atoms with Crippen LogP contribution in [0.2, 0.25) is 8.67 Å². The van der Waals surface area contributed by atoms with Crippen LogP contribution < -0.4 is 5.32 Å². The van der Waals surface area contributed by atoms with Gasteiger partial charge in [-0.15, -0.1) is 11.3 Å². The second-order valence-electron chi connectivity index (χ2n) is 3.15. The fourth-order valence-electron chi connectivity index (χ4n) is 1.07. The van der Waals surface area contributed by atoms with Gasteiger partial charge in [0, 0.05) is 6.54 Å². The summed E-state index contributed by atoms with van der Waals surface area (Å²) in [6, 6.07) is 1.58. The number of halogens is 4. The van der Waals surface area contributed by atoms with Crippen molar-refractivity contribution in [3.05, 3.63) is 20.3 Å². The largest absolute Gasteiger partial charge is 0.465 e. The Morgan fingerprint density at radius 3 is 2.71 bits per heavy atom. The predicted octanol–water partition coefficient (Wildman–Crippen LogP) is 2.95. The predicted molar refractivity (Wildman–Crippen MR) is 63.0 cm³/mol. The van der Waals surface area contributed by atoms with Crippen LogP contribution in [0, 0.1) is 0 Å². The van der Waals surface area contributed by atoms with Gasteiger partial charge in [-0.1, -0.05) is 23.2 Å². The second kappa shape index (κ2) is 5.95. The molecule has 17 heavy (non-hydrogen) atoms. The van der Waals surface area contributed by atoms with Crippen LogP contribution in [-0.2, 0) is 16.1 Å². The molecule has 1 N–H and O–H groups in total. The summed E-state index contributed by atoms with van der Waals surface area (Å²) < 4.78 is 30.9. The summed E-state index contributed by atoms with van der Waals surface area (Å²) in [6.45, 7) is -0.710. The summed E-state index contributed by atoms with van der Waals surface area (Å²) in [6.07, 6.45) is 0. The van der Waals surface area contributed by atoms with Gasteiger partial charge >= 0.3 is 11.9 Å². The third-order valence-corrected chi connectivity index (χ3v) is 3.44. The van der Waals surface area contributed by atoms with E-state index in [1.165, 1.54) is 0 Å². The van der Waals surface area contributed by atoms with Crippen molar-refractivity contribution < 1.29 is 18.3 Å². The molecule has 0 spiro atoms. The van der Waals surface area contributed by atoms with E-state index in [1.807, 2.05) is 0 Å². The Bertz CT molecular complexity index is 412. The molecule has 0 unspecified atom stereocenters. The second-order valence-corrected chi connectivity index (χ2v) is 5.43. The van der Waals surface area contributed by atoms with Gasteiger partial charge in [0.2, 0.25) is 0 Å². The van der Waals surface area contributed by atoms with Crippen molar-refractivity contribution in [1.29, 1.82) is 0 Å². The Morgan fingerprint density at radius 1 is 1.59 bits per heavy atom. The number of methoxy groups -OCH3 is 1. The van der Waals surface area contributed by atoms with Crippen LogP contribution in [0.15, 0.2) is 6.07 Å². The SMILES string of the molecule is COC(=O)C(F)(F)CNCc1cc(Cl)sc1Cl. The first-order valence-electron chi connectivity index (χ1n) is 4.47. The molecule has 1 rings (SSSR count). The molecular weight excluding hydrogens is 295 g/mol. The van der Waals surface area contributed by atoms with Gasteiger partial charge in [0.15, 0.2) is 0 Å². The first-order chi connectivity index (χ1) is 7.86. The van der Waals surface area contributed by atoms with Gasteiger partial charge in [-0.3, -0.25) is 0 Å². The third kappa shape index (κ3) is 4.06. The molecule has 0 bridgehead atoms. The summed E-state index contributed by atoms with van der Waals surface area (Å²) in [4.78, 5) is 10.7. The van der Waals surface area contributed by atoms with Gasteiger partial charge in [0.1, 0.15) is 0 Å². The molecule has 0 fully saturated rings. The van der Waals surface area contributed by atoms with Gasteiger partial charge in [-0.05, 0) is 11.6 Å². The Labute approximate surface area is 111 Å². The number of carbonyl (C=O) groups is 1. The highest BCUT2D eigenvalue weighted by Gasteiger charge is 2.39. The van der Waals surface area contributed by atoms with Crippen molar-refractivity contribution in [3.8, 4) is 0 Å². The quantitative estimate of drug-likeness (QED) is 0.850. The standard InChI is InChI=1S/C9H9Cl2F2NO2S/c1-16-8(15)9(12,13)4-14-3-5-2-6(10)17-7(5)11/h2,14H,3-4H2,1H3. The summed E-state index contributed by atoms with van der Waals surface area (Å²) in [5, 5.41) is 2.42. The highest BCUT2D eigenvalue weighted by Crippen LogP contribution is 2.31. The van der Waals surface area contributed by atoms with Gasteiger partial charge in [0.25, 0.3) is 0 Å². The normalized spacial score (nSPS) is 11.6. The maximum Gasteiger partial charge on any atom is 0.378 e. The minimum atomic E-state index is -3.55. The molecule has 1 heterocycles. The molecule has 0 aliphatic rings. The van der Waals surface area contributed by atoms with Crippen LogP contribution >= 0.6 is 34.5 Å². The van der Waals surface area contributed by atoms with Crippen LogP contribution in [0.25, 0.3) is 0 Å². The van der Waals surface area contributed by atoms with Crippen molar-refractivity contribution in [2.45, 2.75) is 12.5 Å². The molecule has 0 radical (unpaired) electrons. The van der Waals surface area contributed by atoms with Crippen LogP contribution in [0.4, 0.5) is 8.78 Å². The zero-order valence-electron chi connectivity index (χ0n) is 8.73. The lowest BCUT2D eigenvalue weighted by Gasteiger charge is -2.13. The number of ether oxygens (including phenoxy) is 1. The van der Waals surface area contributed by atoms with Crippen LogP contribution in [0.1, 0.15) is 5.56 Å². The molecule has 96 valence electrons. The monoisotopic (exact) mass is 303 g/mol. The lowest BCUT2D eigenvalue weighted by atomic mass is 10.3. The average Bonchev–Trinajstić information content (AvgIpc) is 2.56. The van der Waals surface area contributed by atoms with Crippen LogP contribution in [-0.4, -0.2) is 25.5 Å². The molecule has 0 amide bonds.